The Hall–Kier alpha value is -2.93. The number of methoxy groups -OCH3 is 1. The van der Waals surface area contributed by atoms with Crippen LogP contribution in [0.25, 0.3) is 11.1 Å². The molecule has 6 nitrogen and oxygen atoms in total. The average molecular weight is 440 g/mol. The number of hydrogen-bond donors (Lipinski definition) is 2. The number of carboxylic acids is 1. The number of rotatable bonds is 6. The van der Waals surface area contributed by atoms with Gasteiger partial charge in [0, 0.05) is 10.4 Å². The lowest BCUT2D eigenvalue weighted by atomic mass is 9.62. The van der Waals surface area contributed by atoms with E-state index < -0.39 is 23.8 Å². The van der Waals surface area contributed by atoms with E-state index in [1.165, 1.54) is 18.4 Å². The van der Waals surface area contributed by atoms with E-state index in [1.807, 2.05) is 49.4 Å². The first-order valence-corrected chi connectivity index (χ1v) is 11.3. The number of carbonyl (C=O) groups is 3. The first-order chi connectivity index (χ1) is 15.0. The molecule has 2 aromatic rings. The maximum absolute atomic E-state index is 13.3. The lowest BCUT2D eigenvalue weighted by Crippen LogP contribution is -2.47. The molecule has 4 atom stereocenters. The summed E-state index contributed by atoms with van der Waals surface area (Å²) in [4.78, 5) is 39.0. The third kappa shape index (κ3) is 3.78. The first-order valence-electron chi connectivity index (χ1n) is 10.5. The van der Waals surface area contributed by atoms with Crippen LogP contribution in [0, 0.1) is 23.7 Å². The molecular weight excluding hydrogens is 414 g/mol. The molecule has 1 aromatic heterocycles. The van der Waals surface area contributed by atoms with Crippen LogP contribution in [0.15, 0.2) is 42.5 Å². The van der Waals surface area contributed by atoms with Crippen molar-refractivity contribution >= 4 is 34.2 Å². The Morgan fingerprint density at radius 3 is 2.29 bits per heavy atom. The Balaban J connectivity index is 1.74. The number of fused-ring (bicyclic) bond motifs is 2. The summed E-state index contributed by atoms with van der Waals surface area (Å²) in [6, 6.07) is 9.54. The average Bonchev–Trinajstić information content (AvgIpc) is 3.17. The van der Waals surface area contributed by atoms with Crippen molar-refractivity contribution in [2.45, 2.75) is 26.2 Å². The van der Waals surface area contributed by atoms with E-state index in [2.05, 4.69) is 5.32 Å². The van der Waals surface area contributed by atoms with E-state index in [0.29, 0.717) is 17.0 Å². The quantitative estimate of drug-likeness (QED) is 0.506. The van der Waals surface area contributed by atoms with Gasteiger partial charge >= 0.3 is 11.9 Å². The molecule has 2 bridgehead atoms. The fourth-order valence-corrected chi connectivity index (χ4v) is 6.06. The number of nitrogens with one attached hydrogen (secondary N) is 1. The largest absolute Gasteiger partial charge is 0.481 e. The highest BCUT2D eigenvalue weighted by Crippen LogP contribution is 2.47. The van der Waals surface area contributed by atoms with Gasteiger partial charge in [-0.2, -0.15) is 0 Å². The zero-order valence-corrected chi connectivity index (χ0v) is 18.3. The van der Waals surface area contributed by atoms with Gasteiger partial charge in [0.2, 0.25) is 5.91 Å². The third-order valence-corrected chi connectivity index (χ3v) is 7.58. The molecule has 4 unspecified atom stereocenters. The monoisotopic (exact) mass is 439 g/mol. The summed E-state index contributed by atoms with van der Waals surface area (Å²) in [7, 11) is 1.32. The van der Waals surface area contributed by atoms with Crippen LogP contribution < -0.4 is 5.32 Å². The Morgan fingerprint density at radius 1 is 1.10 bits per heavy atom. The summed E-state index contributed by atoms with van der Waals surface area (Å²) in [6.45, 7) is 2.00. The molecule has 0 spiro atoms. The van der Waals surface area contributed by atoms with Gasteiger partial charge in [-0.05, 0) is 36.7 Å². The second kappa shape index (κ2) is 8.67. The Bertz CT molecular complexity index is 1040. The number of benzene rings is 1. The minimum atomic E-state index is -0.946. The maximum atomic E-state index is 13.3. The topological polar surface area (TPSA) is 92.7 Å². The molecular formula is C24H25NO5S. The van der Waals surface area contributed by atoms with Gasteiger partial charge in [-0.25, -0.2) is 4.79 Å². The second-order valence-electron chi connectivity index (χ2n) is 7.98. The van der Waals surface area contributed by atoms with Crippen molar-refractivity contribution in [2.75, 3.05) is 12.4 Å². The van der Waals surface area contributed by atoms with Crippen molar-refractivity contribution < 1.29 is 24.2 Å². The predicted molar refractivity (Wildman–Crippen MR) is 119 cm³/mol. The zero-order valence-electron chi connectivity index (χ0n) is 17.5. The highest BCUT2D eigenvalue weighted by molar-refractivity contribution is 7.17. The molecule has 0 saturated heterocycles. The van der Waals surface area contributed by atoms with Crippen LogP contribution in [0.5, 0.6) is 0 Å². The summed E-state index contributed by atoms with van der Waals surface area (Å²) in [5, 5.41) is 13.1. The van der Waals surface area contributed by atoms with Crippen LogP contribution in [-0.2, 0) is 20.7 Å². The van der Waals surface area contributed by atoms with Crippen molar-refractivity contribution in [3.8, 4) is 11.1 Å². The minimum absolute atomic E-state index is 0.105. The van der Waals surface area contributed by atoms with Crippen molar-refractivity contribution in [1.29, 1.82) is 0 Å². The summed E-state index contributed by atoms with van der Waals surface area (Å²) >= 11 is 1.35. The van der Waals surface area contributed by atoms with Gasteiger partial charge in [0.15, 0.2) is 0 Å². The van der Waals surface area contributed by atoms with E-state index in [0.717, 1.165) is 28.8 Å². The number of aliphatic carboxylic acids is 1. The molecule has 7 heteroatoms. The number of anilines is 1. The lowest BCUT2D eigenvalue weighted by molar-refractivity contribution is -0.151. The molecule has 31 heavy (non-hydrogen) atoms. The number of ether oxygens (including phenoxy) is 1. The number of hydrogen-bond acceptors (Lipinski definition) is 5. The second-order valence-corrected chi connectivity index (χ2v) is 9.09. The number of esters is 1. The van der Waals surface area contributed by atoms with Crippen molar-refractivity contribution in [2.24, 2.45) is 23.7 Å². The predicted octanol–water partition coefficient (Wildman–Crippen LogP) is 4.62. The molecule has 1 fully saturated rings. The Morgan fingerprint density at radius 2 is 1.74 bits per heavy atom. The standard InChI is InChI=1S/C24H25NO5S/c1-3-16-17(13-7-5-4-6-8-13)20(24(29)30-2)22(31-16)25-21(26)18-14-9-11-15(12-10-14)19(18)23(27)28/h4-9,11,14-15,18-19H,3,10,12H2,1-2H3,(H,25,26)(H,27,28). The van der Waals surface area contributed by atoms with Crippen molar-refractivity contribution in [1.82, 2.24) is 0 Å². The molecule has 2 N–H and O–H groups in total. The third-order valence-electron chi connectivity index (χ3n) is 6.33. The molecule has 0 radical (unpaired) electrons. The minimum Gasteiger partial charge on any atom is -0.481 e. The molecule has 1 aromatic carbocycles. The van der Waals surface area contributed by atoms with E-state index in [4.69, 9.17) is 4.74 Å². The number of amides is 1. The van der Waals surface area contributed by atoms with Gasteiger partial charge in [0.05, 0.1) is 18.9 Å². The summed E-state index contributed by atoms with van der Waals surface area (Å²) in [5.41, 5.74) is 1.96. The fourth-order valence-electron chi connectivity index (χ4n) is 4.91. The molecule has 1 saturated carbocycles. The first kappa shape index (κ1) is 21.3. The number of thiophene rings is 1. The van der Waals surface area contributed by atoms with Crippen molar-refractivity contribution in [3.63, 3.8) is 0 Å². The van der Waals surface area contributed by atoms with E-state index in [-0.39, 0.29) is 17.7 Å². The highest BCUT2D eigenvalue weighted by atomic mass is 32.1. The molecule has 162 valence electrons. The van der Waals surface area contributed by atoms with Crippen LogP contribution >= 0.6 is 11.3 Å². The molecule has 1 heterocycles. The summed E-state index contributed by atoms with van der Waals surface area (Å²) < 4.78 is 5.04. The maximum Gasteiger partial charge on any atom is 0.341 e. The number of carbonyl (C=O) groups excluding carboxylic acids is 2. The van der Waals surface area contributed by atoms with Crippen molar-refractivity contribution in [3.05, 3.63) is 52.9 Å². The van der Waals surface area contributed by atoms with Gasteiger partial charge < -0.3 is 15.2 Å². The highest BCUT2D eigenvalue weighted by Gasteiger charge is 2.48. The lowest BCUT2D eigenvalue weighted by Gasteiger charge is -2.41. The van der Waals surface area contributed by atoms with E-state index in [9.17, 15) is 19.5 Å². The molecule has 3 aliphatic carbocycles. The van der Waals surface area contributed by atoms with E-state index >= 15 is 0 Å². The van der Waals surface area contributed by atoms with Gasteiger partial charge in [-0.15, -0.1) is 11.3 Å². The molecule has 5 rings (SSSR count). The van der Waals surface area contributed by atoms with Crippen LogP contribution in [0.4, 0.5) is 5.00 Å². The summed E-state index contributed by atoms with van der Waals surface area (Å²) in [6.07, 6.45) is 6.17. The van der Waals surface area contributed by atoms with Gasteiger partial charge in [-0.3, -0.25) is 9.59 Å². The Kier molecular flexibility index (Phi) is 5.96. The molecule has 0 aliphatic heterocycles. The number of carboxylic acid groups (broad SMARTS) is 1. The summed E-state index contributed by atoms with van der Waals surface area (Å²) in [5.74, 6) is -3.45. The van der Waals surface area contributed by atoms with Crippen LogP contribution in [-0.4, -0.2) is 30.1 Å². The van der Waals surface area contributed by atoms with Crippen LogP contribution in [0.2, 0.25) is 0 Å². The van der Waals surface area contributed by atoms with Gasteiger partial charge in [0.1, 0.15) is 10.6 Å². The van der Waals surface area contributed by atoms with E-state index in [1.54, 1.807) is 0 Å². The van der Waals surface area contributed by atoms with Gasteiger partial charge in [-0.1, -0.05) is 49.4 Å². The van der Waals surface area contributed by atoms with Crippen LogP contribution in [0.1, 0.15) is 35.0 Å². The number of allylic oxidation sites excluding steroid dienone is 2. The normalized spacial score (nSPS) is 24.1. The zero-order chi connectivity index (χ0) is 22.1. The fraction of sp³-hybridized carbons (Fsp3) is 0.375. The molecule has 1 amide bonds. The molecule has 3 aliphatic rings. The number of aryl methyl sites for hydroxylation is 1. The van der Waals surface area contributed by atoms with Gasteiger partial charge in [0.25, 0.3) is 0 Å². The Labute approximate surface area is 184 Å². The van der Waals surface area contributed by atoms with Crippen LogP contribution in [0.3, 0.4) is 0 Å². The smallest absolute Gasteiger partial charge is 0.341 e. The SMILES string of the molecule is CCc1sc(NC(=O)C2C3C=CC(CC3)C2C(=O)O)c(C(=O)OC)c1-c1ccccc1.